The zero-order valence-corrected chi connectivity index (χ0v) is 15.2. The number of ether oxygens (including phenoxy) is 1. The summed E-state index contributed by atoms with van der Waals surface area (Å²) < 4.78 is 30.8. The van der Waals surface area contributed by atoms with Gasteiger partial charge in [-0.05, 0) is 25.5 Å². The number of unbranched alkanes of at least 4 members (excludes halogenated alkanes) is 1. The number of nitrogens with one attached hydrogen (secondary N) is 2. The zero-order chi connectivity index (χ0) is 19.1. The lowest BCUT2D eigenvalue weighted by Gasteiger charge is -2.14. The number of carbonyl (C=O) groups excluding carboxylic acids is 1. The maximum Gasteiger partial charge on any atom is 0.387 e. The SMILES string of the molecule is CCCCn1c(S[C@@H](C)C(=O)Nc2ccccc2OC(F)F)n[nH]c1=O. The predicted octanol–water partition coefficient (Wildman–Crippen LogP) is 3.09. The first kappa shape index (κ1) is 20.0. The number of carbonyl (C=O) groups is 1. The van der Waals surface area contributed by atoms with Gasteiger partial charge in [-0.15, -0.1) is 5.10 Å². The Bertz CT molecular complexity index is 794. The van der Waals surface area contributed by atoms with Crippen LogP contribution in [0.15, 0.2) is 34.2 Å². The van der Waals surface area contributed by atoms with Gasteiger partial charge in [0.05, 0.1) is 10.9 Å². The standard InChI is InChI=1S/C16H20F2N4O3S/c1-3-4-9-22-15(24)20-21-16(22)26-10(2)13(23)19-11-7-5-6-8-12(11)25-14(17)18/h5-8,10,14H,3-4,9H2,1-2H3,(H,19,23)(H,20,24)/t10-/m0/s1. The molecule has 1 aromatic carbocycles. The molecular formula is C16H20F2N4O3S. The molecule has 26 heavy (non-hydrogen) atoms. The van der Waals surface area contributed by atoms with Crippen molar-refractivity contribution >= 4 is 23.4 Å². The Morgan fingerprint density at radius 3 is 2.85 bits per heavy atom. The lowest BCUT2D eigenvalue weighted by Crippen LogP contribution is -2.24. The fourth-order valence-electron chi connectivity index (χ4n) is 2.12. The minimum Gasteiger partial charge on any atom is -0.433 e. The van der Waals surface area contributed by atoms with Gasteiger partial charge >= 0.3 is 12.3 Å². The highest BCUT2D eigenvalue weighted by molar-refractivity contribution is 8.00. The number of benzene rings is 1. The van der Waals surface area contributed by atoms with Gasteiger partial charge in [-0.25, -0.2) is 9.89 Å². The van der Waals surface area contributed by atoms with Crippen LogP contribution in [0.1, 0.15) is 26.7 Å². The third-order valence-electron chi connectivity index (χ3n) is 3.47. The van der Waals surface area contributed by atoms with Crippen LogP contribution in [0.2, 0.25) is 0 Å². The lowest BCUT2D eigenvalue weighted by molar-refractivity contribution is -0.115. The summed E-state index contributed by atoms with van der Waals surface area (Å²) in [6.45, 7) is 1.16. The Labute approximate surface area is 153 Å². The molecule has 142 valence electrons. The summed E-state index contributed by atoms with van der Waals surface area (Å²) in [5.41, 5.74) is -0.181. The number of aromatic amines is 1. The molecule has 0 radical (unpaired) electrons. The first-order chi connectivity index (χ1) is 12.4. The average Bonchev–Trinajstić information content (AvgIpc) is 2.94. The van der Waals surface area contributed by atoms with Crippen molar-refractivity contribution in [2.24, 2.45) is 0 Å². The molecule has 0 bridgehead atoms. The van der Waals surface area contributed by atoms with Gasteiger partial charge in [-0.1, -0.05) is 37.2 Å². The van der Waals surface area contributed by atoms with E-state index in [0.717, 1.165) is 24.6 Å². The second-order valence-electron chi connectivity index (χ2n) is 5.44. The molecule has 0 spiro atoms. The molecule has 0 saturated carbocycles. The molecule has 2 N–H and O–H groups in total. The van der Waals surface area contributed by atoms with E-state index in [1.165, 1.54) is 22.8 Å². The van der Waals surface area contributed by atoms with Crippen LogP contribution in [0.5, 0.6) is 5.75 Å². The van der Waals surface area contributed by atoms with E-state index in [0.29, 0.717) is 11.7 Å². The van der Waals surface area contributed by atoms with Gasteiger partial charge in [0.2, 0.25) is 5.91 Å². The van der Waals surface area contributed by atoms with Crippen LogP contribution in [0.25, 0.3) is 0 Å². The Hall–Kier alpha value is -2.36. The highest BCUT2D eigenvalue weighted by Crippen LogP contribution is 2.27. The highest BCUT2D eigenvalue weighted by atomic mass is 32.2. The quantitative estimate of drug-likeness (QED) is 0.647. The molecule has 7 nitrogen and oxygen atoms in total. The largest absolute Gasteiger partial charge is 0.433 e. The van der Waals surface area contributed by atoms with Gasteiger partial charge in [0.15, 0.2) is 5.16 Å². The normalized spacial score (nSPS) is 12.2. The maximum atomic E-state index is 12.4. The first-order valence-electron chi connectivity index (χ1n) is 8.09. The number of rotatable bonds is 9. The molecule has 1 atom stereocenters. The van der Waals surface area contributed by atoms with E-state index in [2.05, 4.69) is 20.3 Å². The molecule has 10 heteroatoms. The lowest BCUT2D eigenvalue weighted by atomic mass is 10.3. The van der Waals surface area contributed by atoms with Crippen molar-refractivity contribution in [3.8, 4) is 5.75 Å². The number of nitrogens with zero attached hydrogens (tertiary/aromatic N) is 2. The van der Waals surface area contributed by atoms with Gasteiger partial charge in [0.25, 0.3) is 0 Å². The van der Waals surface area contributed by atoms with Crippen LogP contribution in [-0.2, 0) is 11.3 Å². The van der Waals surface area contributed by atoms with Crippen LogP contribution >= 0.6 is 11.8 Å². The van der Waals surface area contributed by atoms with E-state index in [1.54, 1.807) is 13.0 Å². The van der Waals surface area contributed by atoms with Crippen molar-refractivity contribution in [1.82, 2.24) is 14.8 Å². The van der Waals surface area contributed by atoms with Crippen molar-refractivity contribution in [3.63, 3.8) is 0 Å². The van der Waals surface area contributed by atoms with Crippen molar-refractivity contribution in [2.75, 3.05) is 5.32 Å². The molecule has 1 amide bonds. The topological polar surface area (TPSA) is 89.0 Å². The molecule has 0 unspecified atom stereocenters. The summed E-state index contributed by atoms with van der Waals surface area (Å²) in [6.07, 6.45) is 1.73. The van der Waals surface area contributed by atoms with E-state index >= 15 is 0 Å². The third kappa shape index (κ3) is 5.32. The summed E-state index contributed by atoms with van der Waals surface area (Å²) in [6, 6.07) is 5.94. The van der Waals surface area contributed by atoms with Gasteiger partial charge in [0, 0.05) is 6.54 Å². The maximum absolute atomic E-state index is 12.4. The van der Waals surface area contributed by atoms with Gasteiger partial charge in [-0.2, -0.15) is 8.78 Å². The predicted molar refractivity (Wildman–Crippen MR) is 94.8 cm³/mol. The van der Waals surface area contributed by atoms with Crippen molar-refractivity contribution in [3.05, 3.63) is 34.7 Å². The minimum atomic E-state index is -2.99. The Morgan fingerprint density at radius 1 is 1.42 bits per heavy atom. The second kappa shape index (κ2) is 9.37. The molecular weight excluding hydrogens is 366 g/mol. The van der Waals surface area contributed by atoms with E-state index in [1.807, 2.05) is 6.92 Å². The summed E-state index contributed by atoms with van der Waals surface area (Å²) >= 11 is 1.11. The van der Waals surface area contributed by atoms with E-state index < -0.39 is 17.8 Å². The number of H-pyrrole nitrogens is 1. The number of hydrogen-bond acceptors (Lipinski definition) is 5. The molecule has 1 aromatic heterocycles. The molecule has 2 rings (SSSR count). The number of alkyl halides is 2. The molecule has 0 saturated heterocycles. The number of amides is 1. The van der Waals surface area contributed by atoms with Crippen molar-refractivity contribution < 1.29 is 18.3 Å². The van der Waals surface area contributed by atoms with Crippen molar-refractivity contribution in [1.29, 1.82) is 0 Å². The van der Waals surface area contributed by atoms with Crippen LogP contribution < -0.4 is 15.7 Å². The minimum absolute atomic E-state index is 0.118. The van der Waals surface area contributed by atoms with Gasteiger partial charge in [0.1, 0.15) is 5.75 Å². The summed E-state index contributed by atoms with van der Waals surface area (Å²) in [7, 11) is 0. The average molecular weight is 386 g/mol. The number of aromatic nitrogens is 3. The fourth-order valence-corrected chi connectivity index (χ4v) is 3.00. The van der Waals surface area contributed by atoms with Crippen LogP contribution in [0, 0.1) is 0 Å². The number of thioether (sulfide) groups is 1. The molecule has 0 aliphatic carbocycles. The van der Waals surface area contributed by atoms with Crippen molar-refractivity contribution in [2.45, 2.75) is 50.3 Å². The van der Waals surface area contributed by atoms with Gasteiger partial charge in [-0.3, -0.25) is 9.36 Å². The van der Waals surface area contributed by atoms with E-state index in [9.17, 15) is 18.4 Å². The highest BCUT2D eigenvalue weighted by Gasteiger charge is 2.20. The zero-order valence-electron chi connectivity index (χ0n) is 14.4. The smallest absolute Gasteiger partial charge is 0.387 e. The van der Waals surface area contributed by atoms with E-state index in [-0.39, 0.29) is 17.1 Å². The molecule has 0 aliphatic rings. The molecule has 0 fully saturated rings. The molecule has 1 heterocycles. The van der Waals surface area contributed by atoms with Crippen LogP contribution in [0.3, 0.4) is 0 Å². The monoisotopic (exact) mass is 386 g/mol. The molecule has 2 aromatic rings. The number of hydrogen-bond donors (Lipinski definition) is 2. The van der Waals surface area contributed by atoms with E-state index in [4.69, 9.17) is 0 Å². The summed E-state index contributed by atoms with van der Waals surface area (Å²) in [5, 5.41) is 8.67. The summed E-state index contributed by atoms with van der Waals surface area (Å²) in [5.74, 6) is -0.537. The first-order valence-corrected chi connectivity index (χ1v) is 8.97. The summed E-state index contributed by atoms with van der Waals surface area (Å²) in [4.78, 5) is 24.2. The third-order valence-corrected chi connectivity index (χ3v) is 4.56. The molecule has 0 aliphatic heterocycles. The Morgan fingerprint density at radius 2 is 2.15 bits per heavy atom. The second-order valence-corrected chi connectivity index (χ2v) is 6.75. The fraction of sp³-hybridized carbons (Fsp3) is 0.438. The van der Waals surface area contributed by atoms with Crippen LogP contribution in [-0.4, -0.2) is 32.5 Å². The number of anilines is 1. The number of halogens is 2. The Balaban J connectivity index is 2.06. The Kier molecular flexibility index (Phi) is 7.19. The van der Waals surface area contributed by atoms with Gasteiger partial charge < -0.3 is 10.1 Å². The van der Waals surface area contributed by atoms with Crippen LogP contribution in [0.4, 0.5) is 14.5 Å². The number of para-hydroxylation sites is 2.